The molecule has 1 atom stereocenters. The second-order valence-electron chi connectivity index (χ2n) is 5.27. The topological polar surface area (TPSA) is 29.9 Å². The first kappa shape index (κ1) is 14.6. The molecule has 0 aliphatic carbocycles. The third-order valence-corrected chi connectivity index (χ3v) is 3.56. The first-order valence-corrected chi connectivity index (χ1v) is 7.59. The van der Waals surface area contributed by atoms with Gasteiger partial charge < -0.3 is 9.88 Å². The van der Waals surface area contributed by atoms with Gasteiger partial charge in [-0.05, 0) is 25.3 Å². The summed E-state index contributed by atoms with van der Waals surface area (Å²) in [6, 6.07) is 10.9. The van der Waals surface area contributed by atoms with Crippen LogP contribution in [0.1, 0.15) is 50.4 Å². The maximum atomic E-state index is 4.63. The Morgan fingerprint density at radius 2 is 1.95 bits per heavy atom. The van der Waals surface area contributed by atoms with Crippen LogP contribution in [0.3, 0.4) is 0 Å². The minimum Gasteiger partial charge on any atom is -0.349 e. The predicted molar refractivity (Wildman–Crippen MR) is 85.0 cm³/mol. The number of aryl methyl sites for hydroxylation is 2. The Balaban J connectivity index is 2.15. The van der Waals surface area contributed by atoms with Crippen molar-refractivity contribution in [2.75, 3.05) is 5.32 Å². The van der Waals surface area contributed by atoms with Crippen LogP contribution in [0, 0.1) is 6.92 Å². The zero-order valence-corrected chi connectivity index (χ0v) is 12.8. The fourth-order valence-corrected chi connectivity index (χ4v) is 2.42. The van der Waals surface area contributed by atoms with Crippen LogP contribution < -0.4 is 5.32 Å². The monoisotopic (exact) mass is 271 g/mol. The minimum absolute atomic E-state index is 0.318. The van der Waals surface area contributed by atoms with Crippen molar-refractivity contribution in [3.8, 4) is 0 Å². The fourth-order valence-electron chi connectivity index (χ4n) is 2.42. The van der Waals surface area contributed by atoms with E-state index < -0.39 is 0 Å². The Bertz CT molecular complexity index is 516. The smallest absolute Gasteiger partial charge is 0.203 e. The molecule has 1 N–H and O–H groups in total. The van der Waals surface area contributed by atoms with Crippen LogP contribution >= 0.6 is 0 Å². The van der Waals surface area contributed by atoms with E-state index in [0.29, 0.717) is 6.04 Å². The molecule has 3 heteroatoms. The van der Waals surface area contributed by atoms with Crippen LogP contribution in [0.25, 0.3) is 0 Å². The molecule has 1 unspecified atom stereocenters. The lowest BCUT2D eigenvalue weighted by molar-refractivity contribution is 0.625. The zero-order chi connectivity index (χ0) is 14.4. The van der Waals surface area contributed by atoms with E-state index in [1.807, 2.05) is 0 Å². The summed E-state index contributed by atoms with van der Waals surface area (Å²) in [6.45, 7) is 7.51. The van der Waals surface area contributed by atoms with Gasteiger partial charge in [0.1, 0.15) is 0 Å². The molecule has 0 bridgehead atoms. The van der Waals surface area contributed by atoms with Crippen LogP contribution in [-0.2, 0) is 6.54 Å². The van der Waals surface area contributed by atoms with Gasteiger partial charge in [-0.1, -0.05) is 50.6 Å². The summed E-state index contributed by atoms with van der Waals surface area (Å²) >= 11 is 0. The molecule has 1 heterocycles. The lowest BCUT2D eigenvalue weighted by Gasteiger charge is -2.19. The molecule has 0 saturated heterocycles. The molecule has 3 nitrogen and oxygen atoms in total. The normalized spacial score (nSPS) is 12.3. The number of anilines is 1. The second kappa shape index (κ2) is 7.13. The largest absolute Gasteiger partial charge is 0.349 e. The van der Waals surface area contributed by atoms with Crippen molar-refractivity contribution in [1.29, 1.82) is 0 Å². The van der Waals surface area contributed by atoms with Crippen molar-refractivity contribution in [3.63, 3.8) is 0 Å². The highest BCUT2D eigenvalue weighted by molar-refractivity contribution is 5.34. The highest BCUT2D eigenvalue weighted by atomic mass is 15.2. The molecule has 0 amide bonds. The molecule has 1 aromatic carbocycles. The molecule has 0 fully saturated rings. The number of imidazole rings is 1. The van der Waals surface area contributed by atoms with Gasteiger partial charge in [-0.2, -0.15) is 0 Å². The molecule has 0 radical (unpaired) electrons. The van der Waals surface area contributed by atoms with Gasteiger partial charge >= 0.3 is 0 Å². The van der Waals surface area contributed by atoms with Gasteiger partial charge in [0.25, 0.3) is 0 Å². The quantitative estimate of drug-likeness (QED) is 0.800. The van der Waals surface area contributed by atoms with Crippen LogP contribution in [-0.4, -0.2) is 9.55 Å². The summed E-state index contributed by atoms with van der Waals surface area (Å²) in [5, 5.41) is 3.60. The van der Waals surface area contributed by atoms with Gasteiger partial charge in [0.15, 0.2) is 0 Å². The molecule has 1 aromatic heterocycles. The third kappa shape index (κ3) is 3.62. The third-order valence-electron chi connectivity index (χ3n) is 3.56. The summed E-state index contributed by atoms with van der Waals surface area (Å²) in [6.07, 6.45) is 5.57. The van der Waals surface area contributed by atoms with E-state index in [1.54, 1.807) is 0 Å². The number of benzene rings is 1. The molecule has 0 aliphatic heterocycles. The standard InChI is InChI=1S/C17H25N3/c1-4-6-12-20-13-14(3)18-17(20)19-16(5-2)15-10-8-7-9-11-15/h7-11,13,16H,4-6,12H2,1-3H3,(H,18,19). The molecular weight excluding hydrogens is 246 g/mol. The van der Waals surface area contributed by atoms with Crippen molar-refractivity contribution >= 4 is 5.95 Å². The number of nitrogens with one attached hydrogen (secondary N) is 1. The lowest BCUT2D eigenvalue weighted by Crippen LogP contribution is -2.14. The van der Waals surface area contributed by atoms with E-state index in [1.165, 1.54) is 18.4 Å². The van der Waals surface area contributed by atoms with E-state index in [9.17, 15) is 0 Å². The van der Waals surface area contributed by atoms with Crippen molar-refractivity contribution in [1.82, 2.24) is 9.55 Å². The van der Waals surface area contributed by atoms with Gasteiger partial charge in [-0.3, -0.25) is 0 Å². The van der Waals surface area contributed by atoms with Gasteiger partial charge in [-0.15, -0.1) is 0 Å². The summed E-state index contributed by atoms with van der Waals surface area (Å²) < 4.78 is 2.24. The average molecular weight is 271 g/mol. The molecule has 108 valence electrons. The Morgan fingerprint density at radius 1 is 1.20 bits per heavy atom. The van der Waals surface area contributed by atoms with Crippen molar-refractivity contribution in [3.05, 3.63) is 47.8 Å². The predicted octanol–water partition coefficient (Wildman–Crippen LogP) is 4.55. The zero-order valence-electron chi connectivity index (χ0n) is 12.8. The highest BCUT2D eigenvalue weighted by Gasteiger charge is 2.12. The van der Waals surface area contributed by atoms with Crippen LogP contribution in [0.15, 0.2) is 36.5 Å². The highest BCUT2D eigenvalue weighted by Crippen LogP contribution is 2.22. The fraction of sp³-hybridized carbons (Fsp3) is 0.471. The summed E-state index contributed by atoms with van der Waals surface area (Å²) in [5.74, 6) is 0.992. The number of nitrogens with zero attached hydrogens (tertiary/aromatic N) is 2. The first-order chi connectivity index (χ1) is 9.74. The Kier molecular flexibility index (Phi) is 5.22. The van der Waals surface area contributed by atoms with Crippen LogP contribution in [0.2, 0.25) is 0 Å². The van der Waals surface area contributed by atoms with Crippen LogP contribution in [0.4, 0.5) is 5.95 Å². The molecular formula is C17H25N3. The number of hydrogen-bond acceptors (Lipinski definition) is 2. The average Bonchev–Trinajstić information content (AvgIpc) is 2.83. The maximum Gasteiger partial charge on any atom is 0.203 e. The van der Waals surface area contributed by atoms with Crippen molar-refractivity contribution in [2.45, 2.75) is 52.6 Å². The van der Waals surface area contributed by atoms with E-state index in [2.05, 4.69) is 72.2 Å². The van der Waals surface area contributed by atoms with E-state index in [4.69, 9.17) is 0 Å². The molecule has 0 saturated carbocycles. The lowest BCUT2D eigenvalue weighted by atomic mass is 10.1. The number of rotatable bonds is 7. The first-order valence-electron chi connectivity index (χ1n) is 7.59. The van der Waals surface area contributed by atoms with E-state index >= 15 is 0 Å². The molecule has 2 rings (SSSR count). The van der Waals surface area contributed by atoms with Crippen molar-refractivity contribution in [2.24, 2.45) is 0 Å². The maximum absolute atomic E-state index is 4.63. The molecule has 0 spiro atoms. The molecule has 0 aliphatic rings. The number of aromatic nitrogens is 2. The van der Waals surface area contributed by atoms with E-state index in [0.717, 1.165) is 24.6 Å². The van der Waals surface area contributed by atoms with E-state index in [-0.39, 0.29) is 0 Å². The molecule has 20 heavy (non-hydrogen) atoms. The van der Waals surface area contributed by atoms with Gasteiger partial charge in [0.2, 0.25) is 5.95 Å². The summed E-state index contributed by atoms with van der Waals surface area (Å²) in [7, 11) is 0. The van der Waals surface area contributed by atoms with Crippen molar-refractivity contribution < 1.29 is 0 Å². The minimum atomic E-state index is 0.318. The van der Waals surface area contributed by atoms with Crippen LogP contribution in [0.5, 0.6) is 0 Å². The Morgan fingerprint density at radius 3 is 2.60 bits per heavy atom. The Labute approximate surface area is 122 Å². The SMILES string of the molecule is CCCCn1cc(C)nc1NC(CC)c1ccccc1. The van der Waals surface area contributed by atoms with Gasteiger partial charge in [0, 0.05) is 12.7 Å². The second-order valence-corrected chi connectivity index (χ2v) is 5.27. The number of hydrogen-bond donors (Lipinski definition) is 1. The van der Waals surface area contributed by atoms with Gasteiger partial charge in [-0.25, -0.2) is 4.98 Å². The number of unbranched alkanes of at least 4 members (excludes halogenated alkanes) is 1. The summed E-state index contributed by atoms with van der Waals surface area (Å²) in [5.41, 5.74) is 2.39. The summed E-state index contributed by atoms with van der Waals surface area (Å²) in [4.78, 5) is 4.63. The molecule has 2 aromatic rings. The Hall–Kier alpha value is -1.77. The van der Waals surface area contributed by atoms with Gasteiger partial charge in [0.05, 0.1) is 11.7 Å².